The Kier molecular flexibility index (Phi) is 3.51. The van der Waals surface area contributed by atoms with E-state index in [4.69, 9.17) is 9.97 Å². The summed E-state index contributed by atoms with van der Waals surface area (Å²) in [5.74, 6) is 0. The van der Waals surface area contributed by atoms with Crippen LogP contribution in [0.2, 0.25) is 0 Å². The van der Waals surface area contributed by atoms with Crippen molar-refractivity contribution in [3.8, 4) is 11.3 Å². The van der Waals surface area contributed by atoms with Crippen LogP contribution in [0, 0.1) is 13.8 Å². The summed E-state index contributed by atoms with van der Waals surface area (Å²) < 4.78 is 2.27. The summed E-state index contributed by atoms with van der Waals surface area (Å²) in [5, 5.41) is 6.20. The number of aryl methyl sites for hydroxylation is 3. The maximum absolute atomic E-state index is 4.72. The molecule has 2 heterocycles. The van der Waals surface area contributed by atoms with E-state index in [0.717, 1.165) is 22.3 Å². The largest absolute Gasteiger partial charge is 0.340 e. The summed E-state index contributed by atoms with van der Waals surface area (Å²) in [6.07, 6.45) is 1.69. The minimum atomic E-state index is 0.974. The molecule has 0 aliphatic rings. The van der Waals surface area contributed by atoms with E-state index in [2.05, 4.69) is 92.2 Å². The smallest absolute Gasteiger partial charge is 0.116 e. The highest BCUT2D eigenvalue weighted by atomic mass is 15.0. The summed E-state index contributed by atoms with van der Waals surface area (Å²) in [5.41, 5.74) is 7.97. The van der Waals surface area contributed by atoms with E-state index in [1.807, 2.05) is 0 Å². The van der Waals surface area contributed by atoms with Crippen molar-refractivity contribution in [3.63, 3.8) is 0 Å². The molecular formula is C27H21N3. The minimum Gasteiger partial charge on any atom is -0.340 e. The summed E-state index contributed by atoms with van der Waals surface area (Å²) in [6, 6.07) is 24.0. The van der Waals surface area contributed by atoms with Gasteiger partial charge in [-0.1, -0.05) is 54.1 Å². The maximum atomic E-state index is 4.72. The van der Waals surface area contributed by atoms with Crippen LogP contribution in [0.1, 0.15) is 11.1 Å². The zero-order chi connectivity index (χ0) is 20.4. The molecule has 0 bridgehead atoms. The molecule has 0 fully saturated rings. The van der Waals surface area contributed by atoms with E-state index in [1.54, 1.807) is 6.33 Å². The zero-order valence-corrected chi connectivity index (χ0v) is 17.3. The van der Waals surface area contributed by atoms with Crippen LogP contribution in [0.4, 0.5) is 0 Å². The standard InChI is InChI=1S/C27H21N3/c1-16-12-17(2)21-10-11-22-25-27(30(3)26(22)23(21)13-16)24(28-15-29-25)20-9-8-18-6-4-5-7-19(18)14-20/h4-15H,1-3H3. The van der Waals surface area contributed by atoms with Gasteiger partial charge in [-0.3, -0.25) is 0 Å². The molecule has 0 N–H and O–H groups in total. The van der Waals surface area contributed by atoms with Crippen molar-refractivity contribution in [2.75, 3.05) is 0 Å². The van der Waals surface area contributed by atoms with Gasteiger partial charge in [0.05, 0.1) is 16.7 Å². The van der Waals surface area contributed by atoms with Crippen LogP contribution >= 0.6 is 0 Å². The molecule has 3 heteroatoms. The highest BCUT2D eigenvalue weighted by Gasteiger charge is 2.18. The van der Waals surface area contributed by atoms with Crippen molar-refractivity contribution >= 4 is 43.5 Å². The number of hydrogen-bond acceptors (Lipinski definition) is 2. The topological polar surface area (TPSA) is 30.7 Å². The van der Waals surface area contributed by atoms with Gasteiger partial charge < -0.3 is 4.57 Å². The second-order valence-corrected chi connectivity index (χ2v) is 8.18. The second kappa shape index (κ2) is 6.14. The fraction of sp³-hybridized carbons (Fsp3) is 0.111. The van der Waals surface area contributed by atoms with E-state index >= 15 is 0 Å². The first-order valence-corrected chi connectivity index (χ1v) is 10.2. The number of benzene rings is 4. The molecule has 0 amide bonds. The van der Waals surface area contributed by atoms with Crippen molar-refractivity contribution in [2.45, 2.75) is 13.8 Å². The highest BCUT2D eigenvalue weighted by Crippen LogP contribution is 2.37. The molecule has 0 atom stereocenters. The van der Waals surface area contributed by atoms with E-state index in [9.17, 15) is 0 Å². The molecule has 0 aliphatic heterocycles. The zero-order valence-electron chi connectivity index (χ0n) is 17.3. The fourth-order valence-electron chi connectivity index (χ4n) is 4.89. The van der Waals surface area contributed by atoms with Gasteiger partial charge in [0.1, 0.15) is 11.8 Å². The lowest BCUT2D eigenvalue weighted by Gasteiger charge is -2.09. The molecule has 0 unspecified atom stereocenters. The second-order valence-electron chi connectivity index (χ2n) is 8.18. The number of fused-ring (bicyclic) bond motifs is 6. The molecule has 0 saturated carbocycles. The van der Waals surface area contributed by atoms with Gasteiger partial charge >= 0.3 is 0 Å². The quantitative estimate of drug-likeness (QED) is 0.314. The number of nitrogens with zero attached hydrogens (tertiary/aromatic N) is 3. The Balaban J connectivity index is 1.75. The molecule has 0 aliphatic carbocycles. The average Bonchev–Trinajstić information content (AvgIpc) is 3.06. The average molecular weight is 387 g/mol. The predicted octanol–water partition coefficient (Wildman–Crippen LogP) is 6.71. The van der Waals surface area contributed by atoms with Gasteiger partial charge in [-0.2, -0.15) is 0 Å². The highest BCUT2D eigenvalue weighted by molar-refractivity contribution is 6.18. The van der Waals surface area contributed by atoms with E-state index in [-0.39, 0.29) is 0 Å². The Morgan fingerprint density at radius 2 is 1.50 bits per heavy atom. The van der Waals surface area contributed by atoms with Crippen LogP contribution in [0.3, 0.4) is 0 Å². The van der Waals surface area contributed by atoms with Gasteiger partial charge in [-0.15, -0.1) is 0 Å². The van der Waals surface area contributed by atoms with Gasteiger partial charge in [0, 0.05) is 23.4 Å². The van der Waals surface area contributed by atoms with Crippen molar-refractivity contribution in [2.24, 2.45) is 7.05 Å². The number of rotatable bonds is 1. The lowest BCUT2D eigenvalue weighted by molar-refractivity contribution is 1.01. The lowest BCUT2D eigenvalue weighted by Crippen LogP contribution is -1.94. The molecule has 2 aromatic heterocycles. The molecule has 144 valence electrons. The van der Waals surface area contributed by atoms with E-state index in [0.29, 0.717) is 0 Å². The third kappa shape index (κ3) is 2.32. The first-order chi connectivity index (χ1) is 14.6. The minimum absolute atomic E-state index is 0.974. The van der Waals surface area contributed by atoms with Crippen LogP contribution in [-0.4, -0.2) is 14.5 Å². The van der Waals surface area contributed by atoms with Crippen molar-refractivity contribution < 1.29 is 0 Å². The van der Waals surface area contributed by atoms with Gasteiger partial charge in [-0.25, -0.2) is 9.97 Å². The van der Waals surface area contributed by atoms with Crippen molar-refractivity contribution in [1.82, 2.24) is 14.5 Å². The molecule has 0 saturated heterocycles. The predicted molar refractivity (Wildman–Crippen MR) is 126 cm³/mol. The SMILES string of the molecule is Cc1cc(C)c2ccc3c4ncnc(-c5ccc6ccccc6c5)c4n(C)c3c2c1. The Labute approximate surface area is 174 Å². The molecule has 6 aromatic rings. The maximum Gasteiger partial charge on any atom is 0.116 e. The number of hydrogen-bond donors (Lipinski definition) is 0. The van der Waals surface area contributed by atoms with Gasteiger partial charge in [0.15, 0.2) is 0 Å². The molecule has 30 heavy (non-hydrogen) atoms. The molecule has 4 aromatic carbocycles. The normalized spacial score (nSPS) is 11.8. The Bertz CT molecular complexity index is 1620. The molecule has 0 radical (unpaired) electrons. The third-order valence-electron chi connectivity index (χ3n) is 6.23. The monoisotopic (exact) mass is 387 g/mol. The summed E-state index contributed by atoms with van der Waals surface area (Å²) in [4.78, 5) is 9.42. The lowest BCUT2D eigenvalue weighted by atomic mass is 10.00. The van der Waals surface area contributed by atoms with Crippen LogP contribution in [0.5, 0.6) is 0 Å². The molecule has 3 nitrogen and oxygen atoms in total. The van der Waals surface area contributed by atoms with Crippen LogP contribution in [0.15, 0.2) is 73.1 Å². The summed E-state index contributed by atoms with van der Waals surface area (Å²) >= 11 is 0. The summed E-state index contributed by atoms with van der Waals surface area (Å²) in [6.45, 7) is 4.35. The Morgan fingerprint density at radius 3 is 2.37 bits per heavy atom. The first-order valence-electron chi connectivity index (χ1n) is 10.2. The van der Waals surface area contributed by atoms with E-state index in [1.165, 1.54) is 43.6 Å². The summed E-state index contributed by atoms with van der Waals surface area (Å²) in [7, 11) is 2.13. The van der Waals surface area contributed by atoms with Crippen molar-refractivity contribution in [3.05, 3.63) is 84.2 Å². The third-order valence-corrected chi connectivity index (χ3v) is 6.23. The van der Waals surface area contributed by atoms with Gasteiger partial charge in [0.25, 0.3) is 0 Å². The Hall–Kier alpha value is -3.72. The van der Waals surface area contributed by atoms with Crippen LogP contribution < -0.4 is 0 Å². The molecule has 6 rings (SSSR count). The molecular weight excluding hydrogens is 366 g/mol. The fourth-order valence-corrected chi connectivity index (χ4v) is 4.89. The number of aromatic nitrogens is 3. The van der Waals surface area contributed by atoms with Crippen molar-refractivity contribution in [1.29, 1.82) is 0 Å². The van der Waals surface area contributed by atoms with Crippen LogP contribution in [-0.2, 0) is 7.05 Å². The first kappa shape index (κ1) is 17.2. The Morgan fingerprint density at radius 1 is 0.700 bits per heavy atom. The van der Waals surface area contributed by atoms with E-state index < -0.39 is 0 Å². The van der Waals surface area contributed by atoms with Crippen LogP contribution in [0.25, 0.3) is 54.7 Å². The van der Waals surface area contributed by atoms with Gasteiger partial charge in [-0.05, 0) is 53.8 Å². The molecule has 0 spiro atoms. The van der Waals surface area contributed by atoms with Gasteiger partial charge in [0.2, 0.25) is 0 Å².